The minimum atomic E-state index is -3.42. The Morgan fingerprint density at radius 3 is 2.42 bits per heavy atom. The maximum atomic E-state index is 13.1. The number of hydrogen-bond acceptors (Lipinski definition) is 8. The predicted octanol–water partition coefficient (Wildman–Crippen LogP) is 3.31. The number of anilines is 1. The molecular weight excluding hydrogens is 538 g/mol. The number of hydrogen-bond donors (Lipinski definition) is 2. The number of ether oxygens (including phenoxy) is 1. The highest BCUT2D eigenvalue weighted by Crippen LogP contribution is 2.38. The lowest BCUT2D eigenvalue weighted by Gasteiger charge is -2.20. The largest absolute Gasteiger partial charge is 0.497 e. The third kappa shape index (κ3) is 4.78. The topological polar surface area (TPSA) is 177 Å². The van der Waals surface area contributed by atoms with Crippen molar-refractivity contribution in [3.8, 4) is 22.7 Å². The van der Waals surface area contributed by atoms with Crippen LogP contribution < -0.4 is 15.8 Å². The van der Waals surface area contributed by atoms with Gasteiger partial charge in [0.2, 0.25) is 0 Å². The molecule has 0 spiro atoms. The lowest BCUT2D eigenvalue weighted by atomic mass is 9.88. The van der Waals surface area contributed by atoms with E-state index >= 15 is 0 Å². The second-order valence-corrected chi connectivity index (χ2v) is 11.2. The Labute approximate surface area is 228 Å². The van der Waals surface area contributed by atoms with Gasteiger partial charge in [0.25, 0.3) is 17.5 Å². The van der Waals surface area contributed by atoms with Gasteiger partial charge in [-0.15, -0.1) is 0 Å². The Kier molecular flexibility index (Phi) is 6.59. The van der Waals surface area contributed by atoms with Gasteiger partial charge in [-0.2, -0.15) is 5.10 Å². The Hall–Kier alpha value is -5.04. The first kappa shape index (κ1) is 26.6. The number of nitrogens with two attached hydrogens (primary N) is 1. The zero-order valence-corrected chi connectivity index (χ0v) is 22.2. The summed E-state index contributed by atoms with van der Waals surface area (Å²) in [5, 5.41) is 18.7. The number of nitrogens with one attached hydrogen (secondary N) is 1. The van der Waals surface area contributed by atoms with Crippen LogP contribution in [-0.2, 0) is 22.7 Å². The molecule has 2 amide bonds. The predicted molar refractivity (Wildman–Crippen MR) is 146 cm³/mol. The van der Waals surface area contributed by atoms with Crippen molar-refractivity contribution in [1.29, 1.82) is 0 Å². The lowest BCUT2D eigenvalue weighted by molar-refractivity contribution is -0.385. The molecule has 3 N–H and O–H groups in total. The van der Waals surface area contributed by atoms with E-state index in [-0.39, 0.29) is 27.6 Å². The number of aryl methyl sites for hydroxylation is 1. The summed E-state index contributed by atoms with van der Waals surface area (Å²) in [6, 6.07) is 15.2. The Morgan fingerprint density at radius 1 is 1.07 bits per heavy atom. The van der Waals surface area contributed by atoms with E-state index in [0.29, 0.717) is 41.0 Å². The fourth-order valence-corrected chi connectivity index (χ4v) is 5.35. The molecule has 0 saturated carbocycles. The monoisotopic (exact) mass is 561 g/mol. The van der Waals surface area contributed by atoms with Crippen molar-refractivity contribution < 1.29 is 27.7 Å². The number of carbonyl (C=O) groups excluding carboxylic acids is 2. The standard InChI is InChI=1S/C27H23N5O7S/c1-39-18-8-12-23(32(35)36)22(14-18)27(34)29-16-5-3-15-4-11-20-24(26(28)33)30-31(25(20)21(15)13-16)17-6-9-19(10-7-17)40(2,37)38/h3,5-10,12-14H,4,11H2,1-2H3,(H2,28,33)(H,29,34). The molecule has 1 heterocycles. The molecule has 0 fully saturated rings. The molecular formula is C27H23N5O7S. The number of nitro groups is 1. The first-order valence-electron chi connectivity index (χ1n) is 12.0. The summed E-state index contributed by atoms with van der Waals surface area (Å²) >= 11 is 0. The fraction of sp³-hybridized carbons (Fsp3) is 0.148. The van der Waals surface area contributed by atoms with E-state index in [1.54, 1.807) is 24.3 Å². The molecule has 0 atom stereocenters. The smallest absolute Gasteiger partial charge is 0.282 e. The highest BCUT2D eigenvalue weighted by atomic mass is 32.2. The van der Waals surface area contributed by atoms with E-state index in [0.717, 1.165) is 11.8 Å². The van der Waals surface area contributed by atoms with Gasteiger partial charge in [-0.05, 0) is 66.9 Å². The Balaban J connectivity index is 1.59. The highest BCUT2D eigenvalue weighted by molar-refractivity contribution is 7.90. The second kappa shape index (κ2) is 9.93. The van der Waals surface area contributed by atoms with Crippen LogP contribution in [0.3, 0.4) is 0 Å². The van der Waals surface area contributed by atoms with Crippen LogP contribution in [0.5, 0.6) is 5.75 Å². The van der Waals surface area contributed by atoms with Crippen LogP contribution in [0.1, 0.15) is 32.0 Å². The molecule has 3 aromatic carbocycles. The van der Waals surface area contributed by atoms with Crippen molar-refractivity contribution in [3.05, 3.63) is 93.2 Å². The number of nitrogens with zero attached hydrogens (tertiary/aromatic N) is 3. The van der Waals surface area contributed by atoms with Crippen molar-refractivity contribution >= 4 is 33.0 Å². The third-order valence-corrected chi connectivity index (χ3v) is 7.77. The zero-order chi connectivity index (χ0) is 28.8. The van der Waals surface area contributed by atoms with Crippen LogP contribution in [0, 0.1) is 10.1 Å². The molecule has 0 aliphatic heterocycles. The SMILES string of the molecule is COc1ccc([N+](=O)[O-])c(C(=O)Nc2ccc3c(c2)-c2c(c(C(N)=O)nn2-c2ccc(S(C)(=O)=O)cc2)CC3)c1. The van der Waals surface area contributed by atoms with E-state index in [1.807, 2.05) is 6.07 Å². The molecule has 0 bridgehead atoms. The van der Waals surface area contributed by atoms with Gasteiger partial charge in [-0.1, -0.05) is 6.07 Å². The number of carbonyl (C=O) groups is 2. The average molecular weight is 562 g/mol. The van der Waals surface area contributed by atoms with Gasteiger partial charge in [-0.25, -0.2) is 13.1 Å². The zero-order valence-electron chi connectivity index (χ0n) is 21.4. The summed E-state index contributed by atoms with van der Waals surface area (Å²) < 4.78 is 30.5. The molecule has 40 heavy (non-hydrogen) atoms. The summed E-state index contributed by atoms with van der Waals surface area (Å²) in [6.45, 7) is 0. The molecule has 204 valence electrons. The summed E-state index contributed by atoms with van der Waals surface area (Å²) in [5.74, 6) is -1.12. The van der Waals surface area contributed by atoms with Crippen molar-refractivity contribution in [2.24, 2.45) is 5.73 Å². The van der Waals surface area contributed by atoms with Gasteiger partial charge in [0.05, 0.1) is 28.3 Å². The molecule has 0 saturated heterocycles. The van der Waals surface area contributed by atoms with Gasteiger partial charge < -0.3 is 15.8 Å². The van der Waals surface area contributed by atoms with E-state index in [1.165, 1.54) is 42.1 Å². The molecule has 1 aromatic heterocycles. The third-order valence-electron chi connectivity index (χ3n) is 6.64. The van der Waals surface area contributed by atoms with E-state index < -0.39 is 26.6 Å². The number of fused-ring (bicyclic) bond motifs is 3. The van der Waals surface area contributed by atoms with Crippen molar-refractivity contribution in [2.75, 3.05) is 18.7 Å². The molecule has 12 nitrogen and oxygen atoms in total. The van der Waals surface area contributed by atoms with E-state index in [9.17, 15) is 28.1 Å². The minimum Gasteiger partial charge on any atom is -0.497 e. The van der Waals surface area contributed by atoms with Crippen LogP contribution >= 0.6 is 0 Å². The van der Waals surface area contributed by atoms with Crippen LogP contribution in [-0.4, -0.2) is 48.3 Å². The molecule has 0 radical (unpaired) electrons. The first-order chi connectivity index (χ1) is 19.0. The van der Waals surface area contributed by atoms with Gasteiger partial charge in [0, 0.05) is 29.1 Å². The number of benzene rings is 3. The van der Waals surface area contributed by atoms with Crippen LogP contribution in [0.25, 0.3) is 16.9 Å². The quantitative estimate of drug-likeness (QED) is 0.255. The second-order valence-electron chi connectivity index (χ2n) is 9.18. The molecule has 1 aliphatic rings. The number of aromatic nitrogens is 2. The summed E-state index contributed by atoms with van der Waals surface area (Å²) in [4.78, 5) is 36.4. The number of methoxy groups -OCH3 is 1. The molecule has 1 aliphatic carbocycles. The fourth-order valence-electron chi connectivity index (χ4n) is 4.72. The van der Waals surface area contributed by atoms with E-state index in [4.69, 9.17) is 10.5 Å². The number of rotatable bonds is 7. The maximum absolute atomic E-state index is 13.1. The van der Waals surface area contributed by atoms with Gasteiger partial charge in [-0.3, -0.25) is 19.7 Å². The van der Waals surface area contributed by atoms with Gasteiger partial charge in [0.15, 0.2) is 15.5 Å². The lowest BCUT2D eigenvalue weighted by Crippen LogP contribution is -2.16. The number of sulfone groups is 1. The van der Waals surface area contributed by atoms with Crippen LogP contribution in [0.15, 0.2) is 65.6 Å². The Morgan fingerprint density at radius 2 is 1.80 bits per heavy atom. The normalized spacial score (nSPS) is 12.2. The minimum absolute atomic E-state index is 0.0919. The average Bonchev–Trinajstić information content (AvgIpc) is 3.33. The van der Waals surface area contributed by atoms with Crippen molar-refractivity contribution in [1.82, 2.24) is 9.78 Å². The van der Waals surface area contributed by atoms with E-state index in [2.05, 4.69) is 10.4 Å². The van der Waals surface area contributed by atoms with Crippen molar-refractivity contribution in [3.63, 3.8) is 0 Å². The van der Waals surface area contributed by atoms with Crippen LogP contribution in [0.4, 0.5) is 11.4 Å². The first-order valence-corrected chi connectivity index (χ1v) is 13.9. The molecule has 4 aromatic rings. The highest BCUT2D eigenvalue weighted by Gasteiger charge is 2.29. The van der Waals surface area contributed by atoms with Crippen LogP contribution in [0.2, 0.25) is 0 Å². The summed E-state index contributed by atoms with van der Waals surface area (Å²) in [7, 11) is -2.03. The number of nitro benzene ring substituents is 1. The maximum Gasteiger partial charge on any atom is 0.282 e. The summed E-state index contributed by atoms with van der Waals surface area (Å²) in [5.41, 5.74) is 8.83. The van der Waals surface area contributed by atoms with Gasteiger partial charge in [0.1, 0.15) is 11.3 Å². The van der Waals surface area contributed by atoms with Crippen molar-refractivity contribution in [2.45, 2.75) is 17.7 Å². The number of amides is 2. The number of primary amides is 1. The molecule has 5 rings (SSSR count). The Bertz CT molecular complexity index is 1810. The summed E-state index contributed by atoms with van der Waals surface area (Å²) in [6.07, 6.45) is 2.18. The van der Waals surface area contributed by atoms with Gasteiger partial charge >= 0.3 is 0 Å². The molecule has 0 unspecified atom stereocenters. The molecule has 13 heteroatoms.